The first-order valence-electron chi connectivity index (χ1n) is 4.65. The van der Waals surface area contributed by atoms with Gasteiger partial charge in [-0.2, -0.15) is 0 Å². The highest BCUT2D eigenvalue weighted by atomic mass is 16.3. The van der Waals surface area contributed by atoms with Crippen molar-refractivity contribution in [3.8, 4) is 0 Å². The smallest absolute Gasteiger partial charge is 0.0621 e. The Morgan fingerprint density at radius 2 is 1.73 bits per heavy atom. The Morgan fingerprint density at radius 3 is 2.45 bits per heavy atom. The Balaban J connectivity index is 2.09. The predicted octanol–water partition coefficient (Wildman–Crippen LogP) is 0.918. The molecule has 0 aliphatic heterocycles. The molecule has 4 atom stereocenters. The topological polar surface area (TPSA) is 40.5 Å². The molecule has 2 aliphatic rings. The first-order valence-corrected chi connectivity index (χ1v) is 4.65. The monoisotopic (exact) mass is 156 g/mol. The van der Waals surface area contributed by atoms with E-state index >= 15 is 0 Å². The molecule has 0 aromatic rings. The van der Waals surface area contributed by atoms with Crippen LogP contribution in [0.15, 0.2) is 0 Å². The third kappa shape index (κ3) is 1.18. The second-order valence-corrected chi connectivity index (χ2v) is 3.99. The van der Waals surface area contributed by atoms with Gasteiger partial charge in [-0.3, -0.25) is 0 Å². The van der Waals surface area contributed by atoms with Crippen molar-refractivity contribution in [2.45, 2.75) is 44.3 Å². The van der Waals surface area contributed by atoms with Crippen LogP contribution in [-0.2, 0) is 0 Å². The van der Waals surface area contributed by atoms with Crippen molar-refractivity contribution in [2.75, 3.05) is 0 Å². The van der Waals surface area contributed by atoms with E-state index in [9.17, 15) is 10.2 Å². The summed E-state index contributed by atoms with van der Waals surface area (Å²) in [7, 11) is 0. The molecule has 0 spiro atoms. The second-order valence-electron chi connectivity index (χ2n) is 3.99. The zero-order chi connectivity index (χ0) is 7.84. The summed E-state index contributed by atoms with van der Waals surface area (Å²) in [5, 5.41) is 19.2. The minimum atomic E-state index is -0.221. The van der Waals surface area contributed by atoms with Crippen molar-refractivity contribution in [3.63, 3.8) is 0 Å². The van der Waals surface area contributed by atoms with E-state index in [1.165, 1.54) is 12.8 Å². The maximum Gasteiger partial charge on any atom is 0.0621 e. The molecule has 2 saturated carbocycles. The summed E-state index contributed by atoms with van der Waals surface area (Å²) in [5.41, 5.74) is 0. The number of aliphatic hydroxyl groups excluding tert-OH is 2. The van der Waals surface area contributed by atoms with Gasteiger partial charge in [0.1, 0.15) is 0 Å². The third-order valence-corrected chi connectivity index (χ3v) is 3.36. The van der Waals surface area contributed by atoms with Crippen LogP contribution in [0.5, 0.6) is 0 Å². The molecule has 2 nitrogen and oxygen atoms in total. The van der Waals surface area contributed by atoms with E-state index in [0.717, 1.165) is 19.3 Å². The highest BCUT2D eigenvalue weighted by molar-refractivity contribution is 4.90. The highest BCUT2D eigenvalue weighted by Gasteiger charge is 2.39. The number of aliphatic hydroxyl groups is 2. The maximum atomic E-state index is 9.70. The van der Waals surface area contributed by atoms with Crippen LogP contribution in [0.25, 0.3) is 0 Å². The first kappa shape index (κ1) is 7.56. The van der Waals surface area contributed by atoms with Crippen LogP contribution in [0.3, 0.4) is 0 Å². The summed E-state index contributed by atoms with van der Waals surface area (Å²) >= 11 is 0. The van der Waals surface area contributed by atoms with E-state index in [0.29, 0.717) is 5.92 Å². The van der Waals surface area contributed by atoms with Crippen LogP contribution in [0.2, 0.25) is 0 Å². The molecule has 11 heavy (non-hydrogen) atoms. The molecule has 64 valence electrons. The van der Waals surface area contributed by atoms with E-state index in [2.05, 4.69) is 0 Å². The minimum absolute atomic E-state index is 0.197. The number of hydrogen-bond acceptors (Lipinski definition) is 2. The summed E-state index contributed by atoms with van der Waals surface area (Å²) in [6.45, 7) is 0. The van der Waals surface area contributed by atoms with Gasteiger partial charge < -0.3 is 10.2 Å². The Hall–Kier alpha value is -0.0800. The van der Waals surface area contributed by atoms with Crippen LogP contribution in [0, 0.1) is 11.8 Å². The number of rotatable bonds is 0. The molecule has 0 aromatic carbocycles. The Kier molecular flexibility index (Phi) is 1.90. The molecular formula is C9H16O2. The average molecular weight is 156 g/mol. The molecule has 0 amide bonds. The fourth-order valence-electron chi connectivity index (χ4n) is 2.64. The van der Waals surface area contributed by atoms with E-state index < -0.39 is 0 Å². The van der Waals surface area contributed by atoms with Crippen molar-refractivity contribution in [1.29, 1.82) is 0 Å². The average Bonchev–Trinajstić information content (AvgIpc) is 1.98. The Bertz CT molecular complexity index is 146. The molecule has 0 saturated heterocycles. The van der Waals surface area contributed by atoms with Crippen LogP contribution in [0.4, 0.5) is 0 Å². The van der Waals surface area contributed by atoms with E-state index in [4.69, 9.17) is 0 Å². The van der Waals surface area contributed by atoms with Crippen LogP contribution < -0.4 is 0 Å². The SMILES string of the molecule is O[C@@H]1[C@@H]2CCC[C@H]1[C@@H](O)CC2. The van der Waals surface area contributed by atoms with Gasteiger partial charge in [-0.1, -0.05) is 6.42 Å². The fraction of sp³-hybridized carbons (Fsp3) is 1.00. The van der Waals surface area contributed by atoms with Gasteiger partial charge in [0.15, 0.2) is 0 Å². The number of hydrogen-bond donors (Lipinski definition) is 2. The second kappa shape index (κ2) is 2.76. The van der Waals surface area contributed by atoms with Crippen LogP contribution in [-0.4, -0.2) is 22.4 Å². The van der Waals surface area contributed by atoms with E-state index in [1.54, 1.807) is 0 Å². The molecule has 0 aromatic heterocycles. The largest absolute Gasteiger partial charge is 0.393 e. The summed E-state index contributed by atoms with van der Waals surface area (Å²) in [6, 6.07) is 0. The normalized spacial score (nSPS) is 50.7. The molecule has 0 unspecified atom stereocenters. The first-order chi connectivity index (χ1) is 5.29. The molecule has 0 radical (unpaired) electrons. The standard InChI is InChI=1S/C9H16O2/c10-8-5-4-6-2-1-3-7(8)9(6)11/h6-11H,1-5H2/t6-,7+,8+,9-/m1/s1. The van der Waals surface area contributed by atoms with E-state index in [1.807, 2.05) is 0 Å². The lowest BCUT2D eigenvalue weighted by Gasteiger charge is -2.42. The van der Waals surface area contributed by atoms with Gasteiger partial charge in [-0.25, -0.2) is 0 Å². The van der Waals surface area contributed by atoms with Crippen molar-refractivity contribution >= 4 is 0 Å². The molecule has 2 heteroatoms. The maximum absolute atomic E-state index is 9.70. The fourth-order valence-corrected chi connectivity index (χ4v) is 2.64. The molecular weight excluding hydrogens is 140 g/mol. The van der Waals surface area contributed by atoms with Gasteiger partial charge in [0, 0.05) is 5.92 Å². The van der Waals surface area contributed by atoms with Gasteiger partial charge in [0.25, 0.3) is 0 Å². The Labute approximate surface area is 67.2 Å². The molecule has 2 fully saturated rings. The van der Waals surface area contributed by atoms with Crippen LogP contribution >= 0.6 is 0 Å². The van der Waals surface area contributed by atoms with Gasteiger partial charge in [0.2, 0.25) is 0 Å². The van der Waals surface area contributed by atoms with Gasteiger partial charge in [-0.15, -0.1) is 0 Å². The van der Waals surface area contributed by atoms with Gasteiger partial charge in [0.05, 0.1) is 12.2 Å². The lowest BCUT2D eigenvalue weighted by molar-refractivity contribution is -0.0810. The zero-order valence-electron chi connectivity index (χ0n) is 6.74. The Morgan fingerprint density at radius 1 is 0.909 bits per heavy atom. The lowest BCUT2D eigenvalue weighted by atomic mass is 9.69. The van der Waals surface area contributed by atoms with Crippen LogP contribution in [0.1, 0.15) is 32.1 Å². The minimum Gasteiger partial charge on any atom is -0.393 e. The third-order valence-electron chi connectivity index (χ3n) is 3.36. The van der Waals surface area contributed by atoms with Crippen molar-refractivity contribution in [2.24, 2.45) is 11.8 Å². The molecule has 2 bridgehead atoms. The van der Waals surface area contributed by atoms with Gasteiger partial charge in [-0.05, 0) is 31.6 Å². The molecule has 2 N–H and O–H groups in total. The lowest BCUT2D eigenvalue weighted by Crippen LogP contribution is -2.44. The summed E-state index contributed by atoms with van der Waals surface area (Å²) in [5.74, 6) is 0.694. The van der Waals surface area contributed by atoms with E-state index in [-0.39, 0.29) is 18.1 Å². The highest BCUT2D eigenvalue weighted by Crippen LogP contribution is 2.39. The summed E-state index contributed by atoms with van der Waals surface area (Å²) < 4.78 is 0. The van der Waals surface area contributed by atoms with Gasteiger partial charge >= 0.3 is 0 Å². The summed E-state index contributed by atoms with van der Waals surface area (Å²) in [6.07, 6.45) is 4.91. The van der Waals surface area contributed by atoms with Crippen molar-refractivity contribution in [3.05, 3.63) is 0 Å². The quantitative estimate of drug-likeness (QED) is 0.547. The molecule has 2 rings (SSSR count). The molecule has 0 heterocycles. The molecule has 2 aliphatic carbocycles. The number of fused-ring (bicyclic) bond motifs is 2. The van der Waals surface area contributed by atoms with Crippen molar-refractivity contribution < 1.29 is 10.2 Å². The predicted molar refractivity (Wildman–Crippen MR) is 42.1 cm³/mol. The summed E-state index contributed by atoms with van der Waals surface area (Å²) in [4.78, 5) is 0. The zero-order valence-corrected chi connectivity index (χ0v) is 6.74. The van der Waals surface area contributed by atoms with Crippen molar-refractivity contribution in [1.82, 2.24) is 0 Å².